The number of fused-ring (bicyclic) bond motifs is 1. The third kappa shape index (κ3) is 2.05. The number of benzene rings is 1. The lowest BCUT2D eigenvalue weighted by atomic mass is 10.1. The Labute approximate surface area is 111 Å². The monoisotopic (exact) mass is 259 g/mol. The third-order valence-electron chi connectivity index (χ3n) is 3.41. The molecule has 0 saturated carbocycles. The zero-order chi connectivity index (χ0) is 13.4. The fraction of sp³-hybridized carbons (Fsp3) is 0.429. The summed E-state index contributed by atoms with van der Waals surface area (Å²) in [5.41, 5.74) is 1.95. The molecule has 2 heterocycles. The fourth-order valence-corrected chi connectivity index (χ4v) is 2.39. The number of carbonyl (C=O) groups excluding carboxylic acids is 1. The molecule has 1 saturated heterocycles. The first-order valence-corrected chi connectivity index (χ1v) is 6.53. The molecular weight excluding hydrogens is 242 g/mol. The van der Waals surface area contributed by atoms with Gasteiger partial charge in [0.15, 0.2) is 5.58 Å². The molecule has 1 aliphatic rings. The zero-order valence-electron chi connectivity index (χ0n) is 11.2. The van der Waals surface area contributed by atoms with E-state index in [-0.39, 0.29) is 5.91 Å². The highest BCUT2D eigenvalue weighted by molar-refractivity contribution is 6.04. The smallest absolute Gasteiger partial charge is 0.297 e. The minimum atomic E-state index is 0.0571. The van der Waals surface area contributed by atoms with Gasteiger partial charge in [-0.2, -0.15) is 4.98 Å². The van der Waals surface area contributed by atoms with E-state index in [0.717, 1.165) is 25.9 Å². The van der Waals surface area contributed by atoms with Gasteiger partial charge in [-0.1, -0.05) is 6.07 Å². The van der Waals surface area contributed by atoms with Crippen molar-refractivity contribution in [3.63, 3.8) is 0 Å². The summed E-state index contributed by atoms with van der Waals surface area (Å²) in [5.74, 6) is 0.0571. The van der Waals surface area contributed by atoms with Gasteiger partial charge in [0, 0.05) is 27.2 Å². The van der Waals surface area contributed by atoms with Crippen LogP contribution in [-0.4, -0.2) is 43.0 Å². The number of hydrogen-bond acceptors (Lipinski definition) is 4. The Bertz CT molecular complexity index is 612. The summed E-state index contributed by atoms with van der Waals surface area (Å²) < 4.78 is 5.63. The summed E-state index contributed by atoms with van der Waals surface area (Å²) in [4.78, 5) is 20.6. The lowest BCUT2D eigenvalue weighted by Crippen LogP contribution is -2.27. The maximum absolute atomic E-state index is 12.5. The lowest BCUT2D eigenvalue weighted by molar-refractivity contribution is 0.0794. The van der Waals surface area contributed by atoms with Crippen LogP contribution in [0.25, 0.3) is 11.1 Å². The highest BCUT2D eigenvalue weighted by Gasteiger charge is 2.23. The Morgan fingerprint density at radius 1 is 1.32 bits per heavy atom. The van der Waals surface area contributed by atoms with Crippen molar-refractivity contribution in [2.75, 3.05) is 32.1 Å². The number of aromatic nitrogens is 1. The number of oxazole rings is 1. The molecule has 0 bridgehead atoms. The van der Waals surface area contributed by atoms with Crippen molar-refractivity contribution in [3.05, 3.63) is 23.8 Å². The average molecular weight is 259 g/mol. The largest absolute Gasteiger partial charge is 0.423 e. The Hall–Kier alpha value is -2.04. The first kappa shape index (κ1) is 12.0. The number of nitrogens with zero attached hydrogens (tertiary/aromatic N) is 3. The van der Waals surface area contributed by atoms with Crippen molar-refractivity contribution in [2.45, 2.75) is 12.8 Å². The quantitative estimate of drug-likeness (QED) is 0.829. The van der Waals surface area contributed by atoms with E-state index in [2.05, 4.69) is 4.98 Å². The molecule has 0 N–H and O–H groups in total. The Morgan fingerprint density at radius 2 is 2.05 bits per heavy atom. The second kappa shape index (κ2) is 4.57. The minimum Gasteiger partial charge on any atom is -0.423 e. The molecule has 0 unspecified atom stereocenters. The van der Waals surface area contributed by atoms with E-state index in [1.165, 1.54) is 0 Å². The van der Waals surface area contributed by atoms with Crippen LogP contribution in [0.5, 0.6) is 0 Å². The Morgan fingerprint density at radius 3 is 2.74 bits per heavy atom. The van der Waals surface area contributed by atoms with E-state index < -0.39 is 0 Å². The lowest BCUT2D eigenvalue weighted by Gasteiger charge is -2.14. The molecule has 0 radical (unpaired) electrons. The SMILES string of the molecule is CN(C)c1nc2c(C(=O)N3CCCC3)cccc2o1. The van der Waals surface area contributed by atoms with Crippen molar-refractivity contribution < 1.29 is 9.21 Å². The Balaban J connectivity index is 2.05. The number of para-hydroxylation sites is 1. The second-order valence-electron chi connectivity index (χ2n) is 5.04. The van der Waals surface area contributed by atoms with Gasteiger partial charge >= 0.3 is 0 Å². The molecule has 2 aromatic rings. The maximum Gasteiger partial charge on any atom is 0.297 e. The molecule has 5 nitrogen and oxygen atoms in total. The first-order valence-electron chi connectivity index (χ1n) is 6.53. The third-order valence-corrected chi connectivity index (χ3v) is 3.41. The van der Waals surface area contributed by atoms with Gasteiger partial charge in [-0.3, -0.25) is 4.79 Å². The number of hydrogen-bond donors (Lipinski definition) is 0. The second-order valence-corrected chi connectivity index (χ2v) is 5.04. The van der Waals surface area contributed by atoms with Crippen LogP contribution >= 0.6 is 0 Å². The first-order chi connectivity index (χ1) is 9.16. The molecule has 100 valence electrons. The van der Waals surface area contributed by atoms with Gasteiger partial charge in [-0.25, -0.2) is 0 Å². The molecule has 0 atom stereocenters. The predicted octanol–water partition coefficient (Wildman–Crippen LogP) is 2.13. The molecule has 1 aliphatic heterocycles. The highest BCUT2D eigenvalue weighted by Crippen LogP contribution is 2.25. The van der Waals surface area contributed by atoms with E-state index in [0.29, 0.717) is 22.7 Å². The van der Waals surface area contributed by atoms with E-state index in [1.807, 2.05) is 37.2 Å². The normalized spacial score (nSPS) is 15.2. The summed E-state index contributed by atoms with van der Waals surface area (Å²) in [6.07, 6.45) is 2.17. The van der Waals surface area contributed by atoms with Crippen LogP contribution in [0.3, 0.4) is 0 Å². The van der Waals surface area contributed by atoms with Crippen molar-refractivity contribution in [3.8, 4) is 0 Å². The highest BCUT2D eigenvalue weighted by atomic mass is 16.4. The van der Waals surface area contributed by atoms with Crippen LogP contribution < -0.4 is 4.90 Å². The van der Waals surface area contributed by atoms with Crippen molar-refractivity contribution in [1.82, 2.24) is 9.88 Å². The van der Waals surface area contributed by atoms with Gasteiger partial charge in [-0.15, -0.1) is 0 Å². The van der Waals surface area contributed by atoms with E-state index in [9.17, 15) is 4.79 Å². The summed E-state index contributed by atoms with van der Waals surface area (Å²) >= 11 is 0. The van der Waals surface area contributed by atoms with Gasteiger partial charge in [0.1, 0.15) is 5.52 Å². The summed E-state index contributed by atoms with van der Waals surface area (Å²) in [7, 11) is 3.74. The van der Waals surface area contributed by atoms with Crippen LogP contribution in [0.2, 0.25) is 0 Å². The molecule has 1 aromatic heterocycles. The number of amides is 1. The number of likely N-dealkylation sites (tertiary alicyclic amines) is 1. The molecule has 0 spiro atoms. The minimum absolute atomic E-state index is 0.0571. The molecule has 1 amide bonds. The van der Waals surface area contributed by atoms with Crippen molar-refractivity contribution >= 4 is 23.0 Å². The standard InChI is InChI=1S/C14H17N3O2/c1-16(2)14-15-12-10(6-5-7-11(12)19-14)13(18)17-8-3-4-9-17/h5-7H,3-4,8-9H2,1-2H3. The van der Waals surface area contributed by atoms with Gasteiger partial charge in [0.05, 0.1) is 5.56 Å². The van der Waals surface area contributed by atoms with Crippen LogP contribution in [0.1, 0.15) is 23.2 Å². The number of carbonyl (C=O) groups is 1. The van der Waals surface area contributed by atoms with Crippen molar-refractivity contribution in [2.24, 2.45) is 0 Å². The topological polar surface area (TPSA) is 49.6 Å². The predicted molar refractivity (Wildman–Crippen MR) is 73.5 cm³/mol. The summed E-state index contributed by atoms with van der Waals surface area (Å²) in [6, 6.07) is 6.04. The number of anilines is 1. The van der Waals surface area contributed by atoms with E-state index in [4.69, 9.17) is 4.42 Å². The fourth-order valence-electron chi connectivity index (χ4n) is 2.39. The van der Waals surface area contributed by atoms with Crippen molar-refractivity contribution in [1.29, 1.82) is 0 Å². The van der Waals surface area contributed by atoms with Gasteiger partial charge in [0.2, 0.25) is 0 Å². The van der Waals surface area contributed by atoms with Crippen LogP contribution in [0.15, 0.2) is 22.6 Å². The van der Waals surface area contributed by atoms with Gasteiger partial charge < -0.3 is 14.2 Å². The van der Waals surface area contributed by atoms with E-state index >= 15 is 0 Å². The average Bonchev–Trinajstić information content (AvgIpc) is 3.06. The van der Waals surface area contributed by atoms with Gasteiger partial charge in [0.25, 0.3) is 11.9 Å². The van der Waals surface area contributed by atoms with Crippen LogP contribution in [-0.2, 0) is 0 Å². The molecule has 19 heavy (non-hydrogen) atoms. The molecular formula is C14H17N3O2. The number of rotatable bonds is 2. The maximum atomic E-state index is 12.5. The molecule has 1 aromatic carbocycles. The van der Waals surface area contributed by atoms with Crippen LogP contribution in [0.4, 0.5) is 6.01 Å². The molecule has 5 heteroatoms. The Kier molecular flexibility index (Phi) is 2.89. The summed E-state index contributed by atoms with van der Waals surface area (Å²) in [6.45, 7) is 1.68. The van der Waals surface area contributed by atoms with E-state index in [1.54, 1.807) is 4.90 Å². The van der Waals surface area contributed by atoms with Gasteiger partial charge in [-0.05, 0) is 25.0 Å². The molecule has 0 aliphatic carbocycles. The summed E-state index contributed by atoms with van der Waals surface area (Å²) in [5, 5.41) is 0. The van der Waals surface area contributed by atoms with Crippen LogP contribution in [0, 0.1) is 0 Å². The zero-order valence-corrected chi connectivity index (χ0v) is 11.2. The molecule has 3 rings (SSSR count). The molecule has 1 fully saturated rings.